The van der Waals surface area contributed by atoms with Crippen LogP contribution in [0.2, 0.25) is 0 Å². The normalized spacial score (nSPS) is 14.4. The van der Waals surface area contributed by atoms with E-state index in [9.17, 15) is 4.79 Å². The molecule has 1 unspecified atom stereocenters. The number of carbonyl (C=O) groups is 1. The van der Waals surface area contributed by atoms with Crippen molar-refractivity contribution >= 4 is 5.97 Å². The number of aryl methyl sites for hydroxylation is 2. The third kappa shape index (κ3) is 2.91. The van der Waals surface area contributed by atoms with Crippen LogP contribution < -0.4 is 5.32 Å². The van der Waals surface area contributed by atoms with Gasteiger partial charge in [0.2, 0.25) is 0 Å². The molecule has 0 heterocycles. The second-order valence-electron chi connectivity index (χ2n) is 5.23. The molecule has 0 aliphatic rings. The van der Waals surface area contributed by atoms with Crippen molar-refractivity contribution in [3.05, 3.63) is 34.9 Å². The Morgan fingerprint density at radius 1 is 1.33 bits per heavy atom. The second-order valence-corrected chi connectivity index (χ2v) is 5.23. The number of nitrogens with one attached hydrogen (secondary N) is 1. The van der Waals surface area contributed by atoms with Crippen LogP contribution in [0.15, 0.2) is 18.2 Å². The van der Waals surface area contributed by atoms with Crippen molar-refractivity contribution in [1.82, 2.24) is 5.32 Å². The highest BCUT2D eigenvalue weighted by molar-refractivity contribution is 5.82. The van der Waals surface area contributed by atoms with Gasteiger partial charge < -0.3 is 4.74 Å². The molecule has 0 aliphatic heterocycles. The van der Waals surface area contributed by atoms with Crippen molar-refractivity contribution in [2.24, 2.45) is 0 Å². The number of rotatable bonds is 4. The molecule has 3 heteroatoms. The van der Waals surface area contributed by atoms with Gasteiger partial charge in [0, 0.05) is 6.04 Å². The van der Waals surface area contributed by atoms with Gasteiger partial charge in [-0.1, -0.05) is 23.8 Å². The fourth-order valence-corrected chi connectivity index (χ4v) is 2.40. The van der Waals surface area contributed by atoms with Gasteiger partial charge in [0.1, 0.15) is 5.54 Å². The minimum absolute atomic E-state index is 0.190. The average Bonchev–Trinajstić information content (AvgIpc) is 2.26. The zero-order valence-electron chi connectivity index (χ0n) is 12.1. The minimum Gasteiger partial charge on any atom is -0.467 e. The third-order valence-corrected chi connectivity index (χ3v) is 3.09. The Morgan fingerprint density at radius 3 is 2.39 bits per heavy atom. The van der Waals surface area contributed by atoms with E-state index in [0.717, 1.165) is 11.1 Å². The van der Waals surface area contributed by atoms with Crippen molar-refractivity contribution in [1.29, 1.82) is 0 Å². The number of ether oxygens (including phenoxy) is 1. The Bertz CT molecular complexity index is 440. The molecule has 1 aromatic rings. The summed E-state index contributed by atoms with van der Waals surface area (Å²) in [6.45, 7) is 9.97. The summed E-state index contributed by atoms with van der Waals surface area (Å²) >= 11 is 0. The molecule has 1 rings (SSSR count). The molecule has 0 saturated carbocycles. The molecule has 18 heavy (non-hydrogen) atoms. The number of hydrogen-bond acceptors (Lipinski definition) is 3. The number of esters is 1. The molecule has 1 atom stereocenters. The number of benzene rings is 1. The summed E-state index contributed by atoms with van der Waals surface area (Å²) in [7, 11) is 1.42. The minimum atomic E-state index is -0.805. The van der Waals surface area contributed by atoms with Gasteiger partial charge in [-0.05, 0) is 45.7 Å². The summed E-state index contributed by atoms with van der Waals surface area (Å²) in [5.41, 5.74) is 2.44. The van der Waals surface area contributed by atoms with E-state index in [1.807, 2.05) is 46.8 Å². The molecule has 1 aromatic carbocycles. The molecule has 0 bridgehead atoms. The largest absolute Gasteiger partial charge is 0.467 e. The molecule has 0 aromatic heterocycles. The van der Waals surface area contributed by atoms with E-state index in [0.29, 0.717) is 0 Å². The van der Waals surface area contributed by atoms with Crippen molar-refractivity contribution in [3.63, 3.8) is 0 Å². The number of carbonyl (C=O) groups excluding carboxylic acids is 1. The van der Waals surface area contributed by atoms with Gasteiger partial charge in [-0.15, -0.1) is 0 Å². The Morgan fingerprint density at radius 2 is 1.94 bits per heavy atom. The number of hydrogen-bond donors (Lipinski definition) is 1. The van der Waals surface area contributed by atoms with E-state index in [-0.39, 0.29) is 12.0 Å². The maximum Gasteiger partial charge on any atom is 0.330 e. The average molecular weight is 249 g/mol. The molecule has 0 radical (unpaired) electrons. The van der Waals surface area contributed by atoms with Gasteiger partial charge >= 0.3 is 5.97 Å². The van der Waals surface area contributed by atoms with Gasteiger partial charge in [-0.3, -0.25) is 5.32 Å². The van der Waals surface area contributed by atoms with Crippen LogP contribution in [-0.2, 0) is 15.1 Å². The molecule has 0 saturated heterocycles. The maximum atomic E-state index is 12.1. The molecule has 0 spiro atoms. The first kappa shape index (κ1) is 14.7. The lowest BCUT2D eigenvalue weighted by atomic mass is 9.87. The van der Waals surface area contributed by atoms with Crippen molar-refractivity contribution in [3.8, 4) is 0 Å². The highest BCUT2D eigenvalue weighted by Gasteiger charge is 2.37. The monoisotopic (exact) mass is 249 g/mol. The summed E-state index contributed by atoms with van der Waals surface area (Å²) in [5, 5.41) is 3.31. The summed E-state index contributed by atoms with van der Waals surface area (Å²) in [4.78, 5) is 12.1. The van der Waals surface area contributed by atoms with E-state index in [2.05, 4.69) is 11.4 Å². The lowest BCUT2D eigenvalue weighted by Crippen LogP contribution is -2.50. The van der Waals surface area contributed by atoms with Gasteiger partial charge in [0.05, 0.1) is 7.11 Å². The molecular weight excluding hydrogens is 226 g/mol. The fourth-order valence-electron chi connectivity index (χ4n) is 2.40. The molecule has 1 N–H and O–H groups in total. The Kier molecular flexibility index (Phi) is 4.52. The van der Waals surface area contributed by atoms with Crippen LogP contribution in [0.3, 0.4) is 0 Å². The van der Waals surface area contributed by atoms with E-state index in [4.69, 9.17) is 4.74 Å². The zero-order chi connectivity index (χ0) is 13.9. The van der Waals surface area contributed by atoms with Gasteiger partial charge in [-0.2, -0.15) is 0 Å². The summed E-state index contributed by atoms with van der Waals surface area (Å²) in [5.74, 6) is -0.261. The van der Waals surface area contributed by atoms with Gasteiger partial charge in [0.15, 0.2) is 0 Å². The predicted molar refractivity (Wildman–Crippen MR) is 73.6 cm³/mol. The topological polar surface area (TPSA) is 38.3 Å². The van der Waals surface area contributed by atoms with E-state index in [1.54, 1.807) is 0 Å². The van der Waals surface area contributed by atoms with Crippen LogP contribution in [0, 0.1) is 13.8 Å². The molecule has 3 nitrogen and oxygen atoms in total. The van der Waals surface area contributed by atoms with Gasteiger partial charge in [-0.25, -0.2) is 4.79 Å². The van der Waals surface area contributed by atoms with Crippen LogP contribution >= 0.6 is 0 Å². The van der Waals surface area contributed by atoms with Crippen LogP contribution in [-0.4, -0.2) is 19.1 Å². The highest BCUT2D eigenvalue weighted by Crippen LogP contribution is 2.27. The van der Waals surface area contributed by atoms with Crippen LogP contribution in [0.25, 0.3) is 0 Å². The third-order valence-electron chi connectivity index (χ3n) is 3.09. The smallest absolute Gasteiger partial charge is 0.330 e. The van der Waals surface area contributed by atoms with Crippen molar-refractivity contribution < 1.29 is 9.53 Å². The Hall–Kier alpha value is -1.35. The highest BCUT2D eigenvalue weighted by atomic mass is 16.5. The molecule has 0 amide bonds. The Labute approximate surface area is 110 Å². The van der Waals surface area contributed by atoms with Crippen molar-refractivity contribution in [2.75, 3.05) is 7.11 Å². The van der Waals surface area contributed by atoms with Crippen LogP contribution in [0.4, 0.5) is 0 Å². The van der Waals surface area contributed by atoms with Gasteiger partial charge in [0.25, 0.3) is 0 Å². The van der Waals surface area contributed by atoms with E-state index >= 15 is 0 Å². The quantitative estimate of drug-likeness (QED) is 0.834. The number of methoxy groups -OCH3 is 1. The fraction of sp³-hybridized carbons (Fsp3) is 0.533. The Balaban J connectivity index is 3.29. The van der Waals surface area contributed by atoms with Crippen LogP contribution in [0.1, 0.15) is 37.5 Å². The molecule has 0 aliphatic carbocycles. The lowest BCUT2D eigenvalue weighted by molar-refractivity contribution is -0.148. The summed E-state index contributed by atoms with van der Waals surface area (Å²) < 4.78 is 4.95. The van der Waals surface area contributed by atoms with Crippen LogP contribution in [0.5, 0.6) is 0 Å². The predicted octanol–water partition coefficient (Wildman–Crippen LogP) is 2.69. The standard InChI is InChI=1S/C15H23NO2/c1-10(2)16-15(5,14(17)18-6)13-8-7-11(3)9-12(13)4/h7-10,16H,1-6H3. The van der Waals surface area contributed by atoms with Crippen molar-refractivity contribution in [2.45, 2.75) is 46.2 Å². The van der Waals surface area contributed by atoms with E-state index in [1.165, 1.54) is 12.7 Å². The first-order valence-electron chi connectivity index (χ1n) is 6.25. The molecule has 0 fully saturated rings. The van der Waals surface area contributed by atoms with E-state index < -0.39 is 5.54 Å². The molecule has 100 valence electrons. The first-order valence-corrected chi connectivity index (χ1v) is 6.25. The second kappa shape index (κ2) is 5.53. The SMILES string of the molecule is COC(=O)C(C)(NC(C)C)c1ccc(C)cc1C. The maximum absolute atomic E-state index is 12.1. The lowest BCUT2D eigenvalue weighted by Gasteiger charge is -2.32. The zero-order valence-corrected chi connectivity index (χ0v) is 12.1. The summed E-state index contributed by atoms with van der Waals surface area (Å²) in [6, 6.07) is 6.29. The first-order chi connectivity index (χ1) is 8.31. The molecular formula is C15H23NO2. The summed E-state index contributed by atoms with van der Waals surface area (Å²) in [6.07, 6.45) is 0.